The van der Waals surface area contributed by atoms with Crippen molar-refractivity contribution >= 4 is 33.4 Å². The number of hydrogen-bond acceptors (Lipinski definition) is 6. The molecule has 1 aromatic rings. The van der Waals surface area contributed by atoms with E-state index in [2.05, 4.69) is 5.32 Å². The van der Waals surface area contributed by atoms with E-state index >= 15 is 0 Å². The predicted octanol–water partition coefficient (Wildman–Crippen LogP) is 3.30. The highest BCUT2D eigenvalue weighted by atomic mass is 32.2. The van der Waals surface area contributed by atoms with Gasteiger partial charge in [-0.1, -0.05) is 19.4 Å². The normalized spacial score (nSPS) is 24.7. The van der Waals surface area contributed by atoms with Gasteiger partial charge in [-0.3, -0.25) is 9.69 Å². The molecule has 1 aliphatic heterocycles. The Kier molecular flexibility index (Phi) is 7.56. The van der Waals surface area contributed by atoms with Gasteiger partial charge in [0.2, 0.25) is 5.91 Å². The highest BCUT2D eigenvalue weighted by molar-refractivity contribution is 7.91. The van der Waals surface area contributed by atoms with Crippen molar-refractivity contribution in [3.63, 3.8) is 0 Å². The van der Waals surface area contributed by atoms with Gasteiger partial charge in [-0.25, -0.2) is 13.2 Å². The molecule has 1 aliphatic carbocycles. The number of nitrogens with zero attached hydrogens (tertiary/aromatic N) is 2. The quantitative estimate of drug-likeness (QED) is 0.639. The van der Waals surface area contributed by atoms with Gasteiger partial charge in [-0.05, 0) is 63.3 Å². The van der Waals surface area contributed by atoms with E-state index in [1.807, 2.05) is 6.92 Å². The van der Waals surface area contributed by atoms with Crippen LogP contribution in [0.5, 0.6) is 0 Å². The fourth-order valence-electron chi connectivity index (χ4n) is 4.65. The Morgan fingerprint density at radius 2 is 2.03 bits per heavy atom. The molecule has 2 fully saturated rings. The summed E-state index contributed by atoms with van der Waals surface area (Å²) < 4.78 is 33.2. The van der Waals surface area contributed by atoms with Gasteiger partial charge < -0.3 is 10.1 Å². The molecular formula is C22H35N3O5S2. The minimum atomic E-state index is -3.49. The lowest BCUT2D eigenvalue weighted by Gasteiger charge is -2.31. The number of amides is 2. The second-order valence-electron chi connectivity index (χ2n) is 9.77. The van der Waals surface area contributed by atoms with E-state index in [0.29, 0.717) is 23.7 Å². The molecule has 1 saturated carbocycles. The summed E-state index contributed by atoms with van der Waals surface area (Å²) in [6.45, 7) is 8.26. The van der Waals surface area contributed by atoms with E-state index in [-0.39, 0.29) is 23.8 Å². The lowest BCUT2D eigenvalue weighted by molar-refractivity contribution is -0.127. The summed E-state index contributed by atoms with van der Waals surface area (Å²) in [6.07, 6.45) is 2.45. The maximum atomic E-state index is 13.2. The molecule has 2 aliphatic rings. The summed E-state index contributed by atoms with van der Waals surface area (Å²) in [7, 11) is -1.89. The maximum Gasteiger partial charge on any atom is 0.410 e. The number of nitrogens with one attached hydrogen (secondary N) is 1. The van der Waals surface area contributed by atoms with E-state index in [1.165, 1.54) is 16.2 Å². The van der Waals surface area contributed by atoms with Crippen molar-refractivity contribution in [2.75, 3.05) is 20.1 Å². The van der Waals surface area contributed by atoms with Crippen LogP contribution in [0.2, 0.25) is 0 Å². The molecule has 0 radical (unpaired) electrons. The van der Waals surface area contributed by atoms with Crippen molar-refractivity contribution in [1.29, 1.82) is 0 Å². The molecule has 3 rings (SSSR count). The lowest BCUT2D eigenvalue weighted by atomic mass is 9.97. The third-order valence-corrected chi connectivity index (χ3v) is 9.46. The number of hydrogen-bond donors (Lipinski definition) is 1. The Bertz CT molecular complexity index is 910. The molecule has 0 spiro atoms. The molecule has 10 heteroatoms. The molecule has 8 nitrogen and oxygen atoms in total. The molecule has 32 heavy (non-hydrogen) atoms. The number of fused-ring (bicyclic) bond motifs is 1. The summed E-state index contributed by atoms with van der Waals surface area (Å²) in [5, 5.41) is 4.90. The number of carbonyl (C=O) groups is 2. The summed E-state index contributed by atoms with van der Waals surface area (Å²) in [5.41, 5.74) is -0.640. The highest BCUT2D eigenvalue weighted by Gasteiger charge is 2.47. The highest BCUT2D eigenvalue weighted by Crippen LogP contribution is 2.40. The smallest absolute Gasteiger partial charge is 0.410 e. The second kappa shape index (κ2) is 9.69. The fourth-order valence-corrected chi connectivity index (χ4v) is 7.33. The molecule has 2 heterocycles. The third kappa shape index (κ3) is 5.46. The standard InChI is InChI=1S/C22H35N3O5S2/c1-6-8-18(24(5)21(27)30-22(2,3)4)20(26)23-17-11-10-15-13-25(14-16(15)17)32(28,29)19-9-7-12-31-19/h7,9,12,15-18H,6,8,10-11,13-14H2,1-5H3,(H,23,26)/t15-,16+,17+,18+/m1/s1. The van der Waals surface area contributed by atoms with Gasteiger partial charge in [0.1, 0.15) is 15.9 Å². The minimum absolute atomic E-state index is 0.0859. The molecule has 4 atom stereocenters. The summed E-state index contributed by atoms with van der Waals surface area (Å²) in [5.74, 6) is 0.122. The van der Waals surface area contributed by atoms with Gasteiger partial charge in [-0.15, -0.1) is 11.3 Å². The molecule has 0 bridgehead atoms. The maximum absolute atomic E-state index is 13.2. The zero-order valence-corrected chi connectivity index (χ0v) is 21.2. The first-order chi connectivity index (χ1) is 14.9. The SMILES string of the molecule is CCC[C@@H](C(=O)N[C@H]1CC[C@@H]2CN(S(=O)(=O)c3cccs3)C[C@@H]21)N(C)C(=O)OC(C)(C)C. The van der Waals surface area contributed by atoms with Crippen LogP contribution in [0.3, 0.4) is 0 Å². The van der Waals surface area contributed by atoms with Crippen LogP contribution in [0.1, 0.15) is 53.4 Å². The van der Waals surface area contributed by atoms with E-state index in [4.69, 9.17) is 4.74 Å². The lowest BCUT2D eigenvalue weighted by Crippen LogP contribution is -2.52. The van der Waals surface area contributed by atoms with Crippen LogP contribution in [0.25, 0.3) is 0 Å². The van der Waals surface area contributed by atoms with Crippen LogP contribution in [0, 0.1) is 11.8 Å². The molecule has 0 unspecified atom stereocenters. The molecule has 2 amide bonds. The predicted molar refractivity (Wildman–Crippen MR) is 124 cm³/mol. The minimum Gasteiger partial charge on any atom is -0.444 e. The second-order valence-corrected chi connectivity index (χ2v) is 12.9. The Balaban J connectivity index is 1.66. The van der Waals surface area contributed by atoms with Gasteiger partial charge in [0.05, 0.1) is 0 Å². The van der Waals surface area contributed by atoms with E-state index in [9.17, 15) is 18.0 Å². The molecule has 1 N–H and O–H groups in total. The van der Waals surface area contributed by atoms with Gasteiger partial charge in [0.25, 0.3) is 10.0 Å². The third-order valence-electron chi connectivity index (χ3n) is 6.25. The Morgan fingerprint density at radius 3 is 2.62 bits per heavy atom. The summed E-state index contributed by atoms with van der Waals surface area (Å²) in [6, 6.07) is 2.66. The van der Waals surface area contributed by atoms with Crippen LogP contribution in [0.15, 0.2) is 21.7 Å². The Morgan fingerprint density at radius 1 is 1.31 bits per heavy atom. The van der Waals surface area contributed by atoms with Crippen molar-refractivity contribution in [3.05, 3.63) is 17.5 Å². The molecule has 1 aromatic heterocycles. The van der Waals surface area contributed by atoms with E-state index in [0.717, 1.165) is 19.3 Å². The van der Waals surface area contributed by atoms with Crippen LogP contribution in [0.4, 0.5) is 4.79 Å². The zero-order valence-electron chi connectivity index (χ0n) is 19.5. The van der Waals surface area contributed by atoms with Crippen LogP contribution in [-0.4, -0.2) is 67.4 Å². The number of thiophene rings is 1. The zero-order chi connectivity index (χ0) is 23.7. The first-order valence-electron chi connectivity index (χ1n) is 11.2. The molecule has 180 valence electrons. The summed E-state index contributed by atoms with van der Waals surface area (Å²) in [4.78, 5) is 27.1. The number of sulfonamides is 1. The number of carbonyl (C=O) groups excluding carboxylic acids is 2. The first-order valence-corrected chi connectivity index (χ1v) is 13.6. The number of likely N-dealkylation sites (N-methyl/N-ethyl adjacent to an activating group) is 1. The number of ether oxygens (including phenoxy) is 1. The first kappa shape index (κ1) is 25.0. The van der Waals surface area contributed by atoms with Crippen molar-refractivity contribution in [2.45, 2.75) is 75.3 Å². The number of rotatable bonds is 7. The van der Waals surface area contributed by atoms with Crippen LogP contribution in [-0.2, 0) is 19.6 Å². The van der Waals surface area contributed by atoms with Gasteiger partial charge in [-0.2, -0.15) is 4.31 Å². The van der Waals surface area contributed by atoms with Gasteiger partial charge in [0.15, 0.2) is 0 Å². The van der Waals surface area contributed by atoms with Crippen molar-refractivity contribution in [2.24, 2.45) is 11.8 Å². The van der Waals surface area contributed by atoms with Gasteiger partial charge in [0, 0.05) is 26.2 Å². The topological polar surface area (TPSA) is 96.0 Å². The van der Waals surface area contributed by atoms with Crippen molar-refractivity contribution < 1.29 is 22.7 Å². The van der Waals surface area contributed by atoms with Crippen molar-refractivity contribution in [1.82, 2.24) is 14.5 Å². The van der Waals surface area contributed by atoms with Crippen LogP contribution < -0.4 is 5.32 Å². The Labute approximate surface area is 195 Å². The fraction of sp³-hybridized carbons (Fsp3) is 0.727. The largest absolute Gasteiger partial charge is 0.444 e. The molecule has 1 saturated heterocycles. The van der Waals surface area contributed by atoms with E-state index < -0.39 is 27.8 Å². The van der Waals surface area contributed by atoms with Gasteiger partial charge >= 0.3 is 6.09 Å². The Hall–Kier alpha value is -1.65. The molecular weight excluding hydrogens is 450 g/mol. The summed E-state index contributed by atoms with van der Waals surface area (Å²) >= 11 is 1.23. The van der Waals surface area contributed by atoms with Crippen LogP contribution >= 0.6 is 11.3 Å². The van der Waals surface area contributed by atoms with Crippen molar-refractivity contribution in [3.8, 4) is 0 Å². The average molecular weight is 486 g/mol. The monoisotopic (exact) mass is 485 g/mol. The molecule has 0 aromatic carbocycles. The van der Waals surface area contributed by atoms with E-state index in [1.54, 1.807) is 49.6 Å². The average Bonchev–Trinajstić information content (AvgIpc) is 3.42.